The average Bonchev–Trinajstić information content (AvgIpc) is 2.28. The van der Waals surface area contributed by atoms with Crippen molar-refractivity contribution in [1.29, 1.82) is 0 Å². The van der Waals surface area contributed by atoms with Crippen LogP contribution in [0.5, 0.6) is 5.75 Å². The fourth-order valence-corrected chi connectivity index (χ4v) is 1.78. The maximum absolute atomic E-state index is 5.70. The van der Waals surface area contributed by atoms with Crippen molar-refractivity contribution in [2.24, 2.45) is 0 Å². The van der Waals surface area contributed by atoms with Crippen molar-refractivity contribution < 1.29 is 4.74 Å². The zero-order valence-corrected chi connectivity index (χ0v) is 11.2. The van der Waals surface area contributed by atoms with Gasteiger partial charge in [-0.3, -0.25) is 0 Å². The smallest absolute Gasteiger partial charge is 0.119 e. The molecule has 0 aromatic heterocycles. The summed E-state index contributed by atoms with van der Waals surface area (Å²) in [5.74, 6) is 2.00. The number of thiol groups is 1. The molecule has 0 heterocycles. The van der Waals surface area contributed by atoms with Gasteiger partial charge in [0.25, 0.3) is 0 Å². The van der Waals surface area contributed by atoms with Crippen LogP contribution in [0.1, 0.15) is 36.8 Å². The molecule has 0 aliphatic heterocycles. The Morgan fingerprint density at radius 2 is 1.75 bits per heavy atom. The fraction of sp³-hybridized carbons (Fsp3) is 0.571. The maximum Gasteiger partial charge on any atom is 0.119 e. The second-order valence-corrected chi connectivity index (χ2v) is 4.68. The minimum Gasteiger partial charge on any atom is -0.494 e. The van der Waals surface area contributed by atoms with E-state index in [1.165, 1.54) is 30.4 Å². The molecule has 16 heavy (non-hydrogen) atoms. The van der Waals surface area contributed by atoms with Crippen LogP contribution in [0.2, 0.25) is 0 Å². The number of unbranched alkanes of at least 4 members (excludes halogenated alkanes) is 3. The summed E-state index contributed by atoms with van der Waals surface area (Å²) in [6.07, 6.45) is 4.86. The Balaban J connectivity index is 2.19. The first-order valence-corrected chi connectivity index (χ1v) is 6.68. The molecule has 0 radical (unpaired) electrons. The van der Waals surface area contributed by atoms with Crippen LogP contribution in [0.3, 0.4) is 0 Å². The molecular weight excluding hydrogens is 216 g/mol. The van der Waals surface area contributed by atoms with Gasteiger partial charge in [-0.25, -0.2) is 0 Å². The summed E-state index contributed by atoms with van der Waals surface area (Å²) in [6.45, 7) is 5.07. The highest BCUT2D eigenvalue weighted by Gasteiger charge is 1.97. The largest absolute Gasteiger partial charge is 0.494 e. The average molecular weight is 238 g/mol. The Morgan fingerprint density at radius 3 is 2.44 bits per heavy atom. The van der Waals surface area contributed by atoms with E-state index in [-0.39, 0.29) is 0 Å². The molecule has 0 amide bonds. The Morgan fingerprint density at radius 1 is 1.00 bits per heavy atom. The molecule has 1 aromatic carbocycles. The number of hydrogen-bond donors (Lipinski definition) is 1. The van der Waals surface area contributed by atoms with Crippen molar-refractivity contribution in [2.45, 2.75) is 39.5 Å². The van der Waals surface area contributed by atoms with Crippen LogP contribution in [-0.4, -0.2) is 12.4 Å². The standard InChI is InChI=1S/C14H22OS/c1-12-7-8-14(11-13(12)2)15-9-5-3-4-6-10-16/h7-8,11,16H,3-6,9-10H2,1-2H3. The summed E-state index contributed by atoms with van der Waals surface area (Å²) in [5.41, 5.74) is 2.62. The van der Waals surface area contributed by atoms with Crippen LogP contribution in [0.4, 0.5) is 0 Å². The Kier molecular flexibility index (Phi) is 6.39. The van der Waals surface area contributed by atoms with Crippen LogP contribution in [0, 0.1) is 13.8 Å². The molecule has 1 nitrogen and oxygen atoms in total. The van der Waals surface area contributed by atoms with Gasteiger partial charge in [0.1, 0.15) is 5.75 Å². The minimum absolute atomic E-state index is 0.828. The third-order valence-electron chi connectivity index (χ3n) is 2.80. The molecule has 0 aliphatic rings. The molecule has 0 bridgehead atoms. The third-order valence-corrected chi connectivity index (χ3v) is 3.12. The van der Waals surface area contributed by atoms with E-state index in [0.717, 1.165) is 24.5 Å². The van der Waals surface area contributed by atoms with Gasteiger partial charge in [0.05, 0.1) is 6.61 Å². The highest BCUT2D eigenvalue weighted by Crippen LogP contribution is 2.16. The van der Waals surface area contributed by atoms with Crippen molar-refractivity contribution in [1.82, 2.24) is 0 Å². The van der Waals surface area contributed by atoms with E-state index in [9.17, 15) is 0 Å². The van der Waals surface area contributed by atoms with Crippen LogP contribution in [0.25, 0.3) is 0 Å². The van der Waals surface area contributed by atoms with Gasteiger partial charge in [0.2, 0.25) is 0 Å². The minimum atomic E-state index is 0.828. The van der Waals surface area contributed by atoms with E-state index in [1.807, 2.05) is 0 Å². The van der Waals surface area contributed by atoms with Crippen LogP contribution >= 0.6 is 12.6 Å². The predicted molar refractivity (Wildman–Crippen MR) is 73.7 cm³/mol. The first kappa shape index (κ1) is 13.4. The monoisotopic (exact) mass is 238 g/mol. The molecule has 0 saturated carbocycles. The van der Waals surface area contributed by atoms with Gasteiger partial charge in [-0.1, -0.05) is 18.9 Å². The van der Waals surface area contributed by atoms with Crippen LogP contribution < -0.4 is 4.74 Å². The molecule has 1 aromatic rings. The zero-order valence-electron chi connectivity index (χ0n) is 10.3. The van der Waals surface area contributed by atoms with Gasteiger partial charge in [0.15, 0.2) is 0 Å². The normalized spacial score (nSPS) is 10.4. The van der Waals surface area contributed by atoms with Gasteiger partial charge in [-0.2, -0.15) is 12.6 Å². The van der Waals surface area contributed by atoms with Gasteiger partial charge in [-0.05, 0) is 55.7 Å². The third kappa shape index (κ3) is 4.93. The lowest BCUT2D eigenvalue weighted by Crippen LogP contribution is -1.98. The molecule has 2 heteroatoms. The van der Waals surface area contributed by atoms with E-state index in [1.54, 1.807) is 0 Å². The number of aryl methyl sites for hydroxylation is 2. The Bertz CT molecular complexity index is 310. The molecular formula is C14H22OS. The lowest BCUT2D eigenvalue weighted by atomic mass is 10.1. The summed E-state index contributed by atoms with van der Waals surface area (Å²) >= 11 is 4.19. The molecule has 90 valence electrons. The van der Waals surface area contributed by atoms with Crippen LogP contribution in [0.15, 0.2) is 18.2 Å². The molecule has 0 N–H and O–H groups in total. The lowest BCUT2D eigenvalue weighted by molar-refractivity contribution is 0.305. The SMILES string of the molecule is Cc1ccc(OCCCCCCS)cc1C. The Hall–Kier alpha value is -0.630. The quantitative estimate of drug-likeness (QED) is 0.554. The number of ether oxygens (including phenoxy) is 1. The highest BCUT2D eigenvalue weighted by molar-refractivity contribution is 7.80. The molecule has 0 spiro atoms. The number of benzene rings is 1. The first-order chi connectivity index (χ1) is 7.74. The summed E-state index contributed by atoms with van der Waals surface area (Å²) in [6, 6.07) is 6.28. The predicted octanol–water partition coefficient (Wildman–Crippen LogP) is 4.17. The van der Waals surface area contributed by atoms with Crippen molar-refractivity contribution >= 4 is 12.6 Å². The van der Waals surface area contributed by atoms with E-state index in [2.05, 4.69) is 44.7 Å². The summed E-state index contributed by atoms with van der Waals surface area (Å²) in [7, 11) is 0. The highest BCUT2D eigenvalue weighted by atomic mass is 32.1. The second kappa shape index (κ2) is 7.61. The molecule has 0 aliphatic carbocycles. The van der Waals surface area contributed by atoms with Crippen molar-refractivity contribution in [2.75, 3.05) is 12.4 Å². The van der Waals surface area contributed by atoms with E-state index < -0.39 is 0 Å². The lowest BCUT2D eigenvalue weighted by Gasteiger charge is -2.08. The van der Waals surface area contributed by atoms with E-state index >= 15 is 0 Å². The van der Waals surface area contributed by atoms with Gasteiger partial charge >= 0.3 is 0 Å². The number of hydrogen-bond acceptors (Lipinski definition) is 2. The summed E-state index contributed by atoms with van der Waals surface area (Å²) < 4.78 is 5.70. The van der Waals surface area contributed by atoms with E-state index in [4.69, 9.17) is 4.74 Å². The van der Waals surface area contributed by atoms with Crippen molar-refractivity contribution in [3.05, 3.63) is 29.3 Å². The number of rotatable bonds is 7. The summed E-state index contributed by atoms with van der Waals surface area (Å²) in [5, 5.41) is 0. The van der Waals surface area contributed by atoms with Gasteiger partial charge < -0.3 is 4.74 Å². The maximum atomic E-state index is 5.70. The second-order valence-electron chi connectivity index (χ2n) is 4.23. The molecule has 1 rings (SSSR count). The van der Waals surface area contributed by atoms with Crippen LogP contribution in [-0.2, 0) is 0 Å². The van der Waals surface area contributed by atoms with E-state index in [0.29, 0.717) is 0 Å². The molecule has 0 fully saturated rings. The Labute approximate surface area is 105 Å². The topological polar surface area (TPSA) is 9.23 Å². The zero-order chi connectivity index (χ0) is 11.8. The molecule has 0 atom stereocenters. The molecule has 0 unspecified atom stereocenters. The first-order valence-electron chi connectivity index (χ1n) is 6.05. The fourth-order valence-electron chi connectivity index (χ4n) is 1.56. The van der Waals surface area contributed by atoms with Gasteiger partial charge in [-0.15, -0.1) is 0 Å². The van der Waals surface area contributed by atoms with Crippen molar-refractivity contribution in [3.8, 4) is 5.75 Å². The summed E-state index contributed by atoms with van der Waals surface area (Å²) in [4.78, 5) is 0. The van der Waals surface area contributed by atoms with Crippen molar-refractivity contribution in [3.63, 3.8) is 0 Å². The molecule has 0 saturated heterocycles. The van der Waals surface area contributed by atoms with Gasteiger partial charge in [0, 0.05) is 0 Å².